The van der Waals surface area contributed by atoms with Crippen LogP contribution in [0.1, 0.15) is 11.5 Å². The summed E-state index contributed by atoms with van der Waals surface area (Å²) in [4.78, 5) is 22.3. The van der Waals surface area contributed by atoms with Crippen molar-refractivity contribution in [1.82, 2.24) is 29.9 Å². The molecule has 3 rings (SSSR count). The van der Waals surface area contributed by atoms with Crippen LogP contribution in [-0.4, -0.2) is 29.9 Å². The van der Waals surface area contributed by atoms with E-state index in [1.807, 2.05) is 13.8 Å². The van der Waals surface area contributed by atoms with Gasteiger partial charge in [0.05, 0.1) is 39.4 Å². The van der Waals surface area contributed by atoms with Crippen molar-refractivity contribution in [3.8, 4) is 0 Å². The Morgan fingerprint density at radius 2 is 1.15 bits per heavy atom. The molecule has 3 heterocycles. The van der Waals surface area contributed by atoms with Crippen LogP contribution in [0.5, 0.6) is 0 Å². The minimum absolute atomic E-state index is 0.101. The molecule has 0 aliphatic carbocycles. The summed E-state index contributed by atoms with van der Waals surface area (Å²) in [6.07, 6.45) is 5.84. The van der Waals surface area contributed by atoms with Gasteiger partial charge in [-0.25, -0.2) is 29.9 Å². The largest absolute Gasteiger partial charge is 0.240 e. The third kappa shape index (κ3) is 9.07. The maximum absolute atomic E-state index is 5.66. The summed E-state index contributed by atoms with van der Waals surface area (Å²) >= 11 is 32.7. The molecule has 3 aromatic heterocycles. The Morgan fingerprint density at radius 1 is 0.615 bits per heavy atom. The summed E-state index contributed by atoms with van der Waals surface area (Å²) in [5.41, 5.74) is 0.837. The first-order valence-electron chi connectivity index (χ1n) is 6.61. The van der Waals surface area contributed by atoms with Gasteiger partial charge in [-0.1, -0.05) is 46.4 Å². The highest BCUT2D eigenvalue weighted by Gasteiger charge is 1.98. The highest BCUT2D eigenvalue weighted by Crippen LogP contribution is 2.18. The number of hydrogen-bond donors (Lipinski definition) is 0. The number of rotatable bonds is 0. The number of aromatic nitrogens is 6. The van der Waals surface area contributed by atoms with Gasteiger partial charge in [0, 0.05) is 6.20 Å². The molecular weight excluding hydrogens is 465 g/mol. The SMILES string of the molecule is Cc1ncc(Cl)c(C)n1.Clc1cnc(Cl)nc1.Clc1ncc(Cl)c(Cl)n1. The fraction of sp³-hybridized carbons (Fsp3) is 0.143. The molecule has 0 N–H and O–H groups in total. The molecule has 0 aliphatic rings. The second-order valence-electron chi connectivity index (χ2n) is 4.30. The van der Waals surface area contributed by atoms with E-state index in [4.69, 9.17) is 69.6 Å². The van der Waals surface area contributed by atoms with Crippen LogP contribution in [0.4, 0.5) is 0 Å². The number of halogens is 6. The monoisotopic (exact) mass is 472 g/mol. The molecule has 0 spiro atoms. The van der Waals surface area contributed by atoms with Crippen LogP contribution in [0.2, 0.25) is 30.8 Å². The molecule has 0 aromatic carbocycles. The molecule has 0 amide bonds. The molecule has 0 saturated heterocycles. The van der Waals surface area contributed by atoms with Crippen molar-refractivity contribution in [2.24, 2.45) is 0 Å². The summed E-state index contributed by atoms with van der Waals surface area (Å²) in [6.45, 7) is 3.69. The van der Waals surface area contributed by atoms with E-state index in [1.54, 1.807) is 6.20 Å². The van der Waals surface area contributed by atoms with Crippen LogP contribution in [0.25, 0.3) is 0 Å². The van der Waals surface area contributed by atoms with Gasteiger partial charge in [0.25, 0.3) is 0 Å². The van der Waals surface area contributed by atoms with Crippen molar-refractivity contribution in [3.05, 3.63) is 67.1 Å². The average Bonchev–Trinajstić information content (AvgIpc) is 2.59. The van der Waals surface area contributed by atoms with Gasteiger partial charge < -0.3 is 0 Å². The molecule has 3 aromatic rings. The van der Waals surface area contributed by atoms with E-state index in [-0.39, 0.29) is 15.7 Å². The Morgan fingerprint density at radius 3 is 1.58 bits per heavy atom. The van der Waals surface area contributed by atoms with E-state index in [1.165, 1.54) is 18.6 Å². The maximum Gasteiger partial charge on any atom is 0.223 e. The standard InChI is InChI=1S/C6H7ClN2.C4HCl3N2.C4H2Cl2N2/c1-4-6(7)3-8-5(2)9-4;5-2-1-8-4(7)9-3(2)6;5-3-1-7-4(6)8-2-3/h3H,1-2H3;1H;1-2H. The first kappa shape index (κ1) is 23.0. The zero-order valence-corrected chi connectivity index (χ0v) is 17.8. The van der Waals surface area contributed by atoms with Crippen molar-refractivity contribution in [2.75, 3.05) is 0 Å². The highest BCUT2D eigenvalue weighted by atomic mass is 35.5. The minimum atomic E-state index is 0.101. The fourth-order valence-electron chi connectivity index (χ4n) is 1.19. The maximum atomic E-state index is 5.66. The summed E-state index contributed by atoms with van der Waals surface area (Å²) in [5.74, 6) is 0.761. The summed E-state index contributed by atoms with van der Waals surface area (Å²) in [6, 6.07) is 0. The first-order chi connectivity index (χ1) is 12.2. The number of nitrogens with zero attached hydrogens (tertiary/aromatic N) is 6. The lowest BCUT2D eigenvalue weighted by Gasteiger charge is -1.94. The zero-order chi connectivity index (χ0) is 19.7. The summed E-state index contributed by atoms with van der Waals surface area (Å²) in [5, 5.41) is 1.92. The Balaban J connectivity index is 0.000000195. The molecular formula is C14H10Cl6N6. The van der Waals surface area contributed by atoms with Crippen LogP contribution in [0.15, 0.2) is 24.8 Å². The lowest BCUT2D eigenvalue weighted by atomic mass is 10.4. The third-order valence-electron chi connectivity index (χ3n) is 2.30. The topological polar surface area (TPSA) is 77.3 Å². The van der Waals surface area contributed by atoms with Crippen molar-refractivity contribution >= 4 is 69.6 Å². The molecule has 138 valence electrons. The molecule has 0 fully saturated rings. The Kier molecular flexibility index (Phi) is 10.3. The molecule has 0 unspecified atom stereocenters. The van der Waals surface area contributed by atoms with Crippen LogP contribution >= 0.6 is 69.6 Å². The van der Waals surface area contributed by atoms with Crippen LogP contribution < -0.4 is 0 Å². The lowest BCUT2D eigenvalue weighted by molar-refractivity contribution is 1.01. The predicted molar refractivity (Wildman–Crippen MR) is 106 cm³/mol. The Hall–Kier alpha value is -1.02. The lowest BCUT2D eigenvalue weighted by Crippen LogP contribution is -1.89. The third-order valence-corrected chi connectivity index (χ3v) is 3.91. The Labute approximate surface area is 179 Å². The predicted octanol–water partition coefficient (Wildman–Crippen LogP) is 5.97. The van der Waals surface area contributed by atoms with E-state index in [9.17, 15) is 0 Å². The van der Waals surface area contributed by atoms with Gasteiger partial charge in [-0.3, -0.25) is 0 Å². The molecule has 0 atom stereocenters. The van der Waals surface area contributed by atoms with Gasteiger partial charge >= 0.3 is 0 Å². The molecule has 0 radical (unpaired) electrons. The van der Waals surface area contributed by atoms with Crippen molar-refractivity contribution in [2.45, 2.75) is 13.8 Å². The minimum Gasteiger partial charge on any atom is -0.240 e. The average molecular weight is 475 g/mol. The van der Waals surface area contributed by atoms with Gasteiger partial charge in [0.15, 0.2) is 5.15 Å². The summed E-state index contributed by atoms with van der Waals surface area (Å²) < 4.78 is 0. The van der Waals surface area contributed by atoms with Crippen LogP contribution in [0.3, 0.4) is 0 Å². The van der Waals surface area contributed by atoms with E-state index in [0.717, 1.165) is 11.5 Å². The molecule has 0 bridgehead atoms. The zero-order valence-electron chi connectivity index (χ0n) is 13.3. The second kappa shape index (κ2) is 11.6. The first-order valence-corrected chi connectivity index (χ1v) is 8.88. The van der Waals surface area contributed by atoms with Crippen molar-refractivity contribution < 1.29 is 0 Å². The molecule has 26 heavy (non-hydrogen) atoms. The van der Waals surface area contributed by atoms with Crippen LogP contribution in [0, 0.1) is 13.8 Å². The number of hydrogen-bond acceptors (Lipinski definition) is 6. The highest BCUT2D eigenvalue weighted by molar-refractivity contribution is 6.41. The normalized spacial score (nSPS) is 9.54. The van der Waals surface area contributed by atoms with E-state index < -0.39 is 0 Å². The summed E-state index contributed by atoms with van der Waals surface area (Å²) in [7, 11) is 0. The fourth-order valence-corrected chi connectivity index (χ4v) is 1.87. The van der Waals surface area contributed by atoms with Crippen LogP contribution in [-0.2, 0) is 0 Å². The molecule has 6 nitrogen and oxygen atoms in total. The second-order valence-corrected chi connectivity index (χ2v) is 6.58. The van der Waals surface area contributed by atoms with E-state index in [0.29, 0.717) is 15.1 Å². The molecule has 0 aliphatic heterocycles. The Bertz CT molecular complexity index is 775. The van der Waals surface area contributed by atoms with Gasteiger partial charge in [-0.05, 0) is 37.0 Å². The van der Waals surface area contributed by atoms with Gasteiger partial charge in [0.2, 0.25) is 10.6 Å². The van der Waals surface area contributed by atoms with Gasteiger partial charge in [-0.15, -0.1) is 0 Å². The smallest absolute Gasteiger partial charge is 0.223 e. The van der Waals surface area contributed by atoms with Gasteiger partial charge in [0.1, 0.15) is 5.82 Å². The van der Waals surface area contributed by atoms with Crippen molar-refractivity contribution in [1.29, 1.82) is 0 Å². The number of aryl methyl sites for hydroxylation is 2. The van der Waals surface area contributed by atoms with E-state index in [2.05, 4.69) is 29.9 Å². The van der Waals surface area contributed by atoms with Gasteiger partial charge in [-0.2, -0.15) is 0 Å². The quantitative estimate of drug-likeness (QED) is 0.295. The molecule has 0 saturated carbocycles. The van der Waals surface area contributed by atoms with Crippen molar-refractivity contribution in [3.63, 3.8) is 0 Å². The van der Waals surface area contributed by atoms with E-state index >= 15 is 0 Å². The molecule has 12 heteroatoms.